The highest BCUT2D eigenvalue weighted by Gasteiger charge is 2.42. The number of benzene rings is 2. The van der Waals surface area contributed by atoms with Crippen LogP contribution >= 0.6 is 23.2 Å². The minimum atomic E-state index is -3.79. The summed E-state index contributed by atoms with van der Waals surface area (Å²) in [5, 5.41) is 0.620. The van der Waals surface area contributed by atoms with Crippen molar-refractivity contribution in [1.82, 2.24) is 4.31 Å². The minimum absolute atomic E-state index is 0.104. The molecule has 0 radical (unpaired) electrons. The first kappa shape index (κ1) is 20.3. The molecule has 3 rings (SSSR count). The SMILES string of the molecule is Cc1ccc(S(=O)(=O)N2[C@H](CC(=O)c3ccc(Cl)c(Cl)c3)OC[C@@H]2C)cc1. The van der Waals surface area contributed by atoms with Gasteiger partial charge in [0.1, 0.15) is 6.23 Å². The lowest BCUT2D eigenvalue weighted by atomic mass is 10.1. The van der Waals surface area contributed by atoms with Gasteiger partial charge in [0, 0.05) is 11.6 Å². The van der Waals surface area contributed by atoms with E-state index in [2.05, 4.69) is 0 Å². The normalized spacial score (nSPS) is 20.7. The zero-order valence-electron chi connectivity index (χ0n) is 14.9. The number of Topliss-reactive ketones (excluding diaryl/α,β-unsaturated/α-hetero) is 1. The number of hydrogen-bond acceptors (Lipinski definition) is 4. The van der Waals surface area contributed by atoms with Crippen molar-refractivity contribution in [1.29, 1.82) is 0 Å². The number of halogens is 2. The van der Waals surface area contributed by atoms with Gasteiger partial charge in [-0.3, -0.25) is 4.79 Å². The van der Waals surface area contributed by atoms with Gasteiger partial charge in [0.15, 0.2) is 5.78 Å². The molecule has 0 spiro atoms. The Balaban J connectivity index is 1.85. The fourth-order valence-corrected chi connectivity index (χ4v) is 5.00. The lowest BCUT2D eigenvalue weighted by Crippen LogP contribution is -2.41. The third-order valence-electron chi connectivity index (χ3n) is 4.45. The largest absolute Gasteiger partial charge is 0.360 e. The maximum absolute atomic E-state index is 13.1. The van der Waals surface area contributed by atoms with Crippen molar-refractivity contribution in [2.45, 2.75) is 37.4 Å². The molecule has 1 heterocycles. The van der Waals surface area contributed by atoms with Crippen molar-refractivity contribution in [2.24, 2.45) is 0 Å². The number of aryl methyl sites for hydroxylation is 1. The molecule has 1 fully saturated rings. The summed E-state index contributed by atoms with van der Waals surface area (Å²) in [6.07, 6.45) is -0.971. The van der Waals surface area contributed by atoms with E-state index in [9.17, 15) is 13.2 Å². The number of rotatable bonds is 5. The van der Waals surface area contributed by atoms with E-state index in [1.807, 2.05) is 6.92 Å². The maximum Gasteiger partial charge on any atom is 0.245 e. The second kappa shape index (κ2) is 7.89. The van der Waals surface area contributed by atoms with Crippen molar-refractivity contribution in [3.63, 3.8) is 0 Å². The van der Waals surface area contributed by atoms with Crippen LogP contribution in [0.1, 0.15) is 29.3 Å². The number of carbonyl (C=O) groups excluding carboxylic acids is 1. The molecule has 5 nitrogen and oxygen atoms in total. The molecule has 0 amide bonds. The van der Waals surface area contributed by atoms with Gasteiger partial charge in [-0.25, -0.2) is 8.42 Å². The molecule has 0 bridgehead atoms. The number of hydrogen-bond donors (Lipinski definition) is 0. The third kappa shape index (κ3) is 4.20. The van der Waals surface area contributed by atoms with E-state index < -0.39 is 16.3 Å². The molecule has 2 atom stereocenters. The fourth-order valence-electron chi connectivity index (χ4n) is 3.00. The summed E-state index contributed by atoms with van der Waals surface area (Å²) in [5.41, 5.74) is 1.33. The lowest BCUT2D eigenvalue weighted by molar-refractivity contribution is 0.0538. The topological polar surface area (TPSA) is 63.7 Å². The Hall–Kier alpha value is -1.44. The molecule has 0 saturated carbocycles. The fraction of sp³-hybridized carbons (Fsp3) is 0.316. The molecule has 0 aromatic heterocycles. The zero-order chi connectivity index (χ0) is 19.8. The molecule has 0 aliphatic carbocycles. The summed E-state index contributed by atoms with van der Waals surface area (Å²) < 4.78 is 33.1. The average molecular weight is 428 g/mol. The molecule has 0 unspecified atom stereocenters. The number of ether oxygens (including phenoxy) is 1. The van der Waals surface area contributed by atoms with Gasteiger partial charge in [-0.1, -0.05) is 40.9 Å². The molecule has 1 aliphatic heterocycles. The maximum atomic E-state index is 13.1. The number of ketones is 1. The zero-order valence-corrected chi connectivity index (χ0v) is 17.2. The van der Waals surface area contributed by atoms with Crippen molar-refractivity contribution in [3.05, 3.63) is 63.6 Å². The number of sulfonamides is 1. The molecule has 0 N–H and O–H groups in total. The van der Waals surface area contributed by atoms with Crippen LogP contribution in [0.3, 0.4) is 0 Å². The second-order valence-corrected chi connectivity index (χ2v) is 9.20. The van der Waals surface area contributed by atoms with E-state index >= 15 is 0 Å². The van der Waals surface area contributed by atoms with Gasteiger partial charge in [-0.2, -0.15) is 4.31 Å². The number of carbonyl (C=O) groups is 1. The van der Waals surface area contributed by atoms with Crippen LogP contribution in [0.15, 0.2) is 47.4 Å². The molecular weight excluding hydrogens is 409 g/mol. The van der Waals surface area contributed by atoms with Crippen LogP contribution in [0.25, 0.3) is 0 Å². The lowest BCUT2D eigenvalue weighted by Gasteiger charge is -2.25. The Bertz CT molecular complexity index is 960. The van der Waals surface area contributed by atoms with Crippen LogP contribution in [0, 0.1) is 6.92 Å². The summed E-state index contributed by atoms with van der Waals surface area (Å²) in [6.45, 7) is 3.87. The Morgan fingerprint density at radius 2 is 1.81 bits per heavy atom. The van der Waals surface area contributed by atoms with E-state index in [1.165, 1.54) is 16.4 Å². The van der Waals surface area contributed by atoms with Gasteiger partial charge in [0.2, 0.25) is 10.0 Å². The molecule has 8 heteroatoms. The van der Waals surface area contributed by atoms with Crippen molar-refractivity contribution in [3.8, 4) is 0 Å². The third-order valence-corrected chi connectivity index (χ3v) is 7.20. The quantitative estimate of drug-likeness (QED) is 0.666. The highest BCUT2D eigenvalue weighted by molar-refractivity contribution is 7.89. The van der Waals surface area contributed by atoms with E-state index in [4.69, 9.17) is 27.9 Å². The monoisotopic (exact) mass is 427 g/mol. The van der Waals surface area contributed by atoms with Gasteiger partial charge >= 0.3 is 0 Å². The van der Waals surface area contributed by atoms with Crippen molar-refractivity contribution < 1.29 is 17.9 Å². The molecule has 144 valence electrons. The molecule has 1 aliphatic rings. The van der Waals surface area contributed by atoms with E-state index in [0.29, 0.717) is 10.6 Å². The average Bonchev–Trinajstić information content (AvgIpc) is 2.98. The van der Waals surface area contributed by atoms with Crippen LogP contribution in [-0.4, -0.2) is 37.4 Å². The Kier molecular flexibility index (Phi) is 5.93. The predicted molar refractivity (Wildman–Crippen MR) is 105 cm³/mol. The standard InChI is InChI=1S/C19H19Cl2NO4S/c1-12-3-6-15(7-4-12)27(24,25)22-13(2)11-26-19(22)10-18(23)14-5-8-16(20)17(21)9-14/h3-9,13,19H,10-11H2,1-2H3/t13-,19-/m0/s1. The Morgan fingerprint density at radius 3 is 2.44 bits per heavy atom. The summed E-state index contributed by atoms with van der Waals surface area (Å²) in [7, 11) is -3.79. The second-order valence-electron chi connectivity index (χ2n) is 6.54. The Morgan fingerprint density at radius 1 is 1.15 bits per heavy atom. The van der Waals surface area contributed by atoms with Crippen LogP contribution in [0.2, 0.25) is 10.0 Å². The van der Waals surface area contributed by atoms with Gasteiger partial charge in [-0.05, 0) is 44.2 Å². The molecule has 1 saturated heterocycles. The van der Waals surface area contributed by atoms with Gasteiger partial charge in [0.25, 0.3) is 0 Å². The summed E-state index contributed by atoms with van der Waals surface area (Å²) >= 11 is 11.9. The molecule has 27 heavy (non-hydrogen) atoms. The smallest absolute Gasteiger partial charge is 0.245 e. The first-order valence-corrected chi connectivity index (χ1v) is 10.6. The number of nitrogens with zero attached hydrogens (tertiary/aromatic N) is 1. The predicted octanol–water partition coefficient (Wildman–Crippen LogP) is 4.31. The molecule has 2 aromatic carbocycles. The van der Waals surface area contributed by atoms with Crippen molar-refractivity contribution in [2.75, 3.05) is 6.61 Å². The van der Waals surface area contributed by atoms with Gasteiger partial charge < -0.3 is 4.74 Å². The minimum Gasteiger partial charge on any atom is -0.360 e. The highest BCUT2D eigenvalue weighted by atomic mass is 35.5. The highest BCUT2D eigenvalue weighted by Crippen LogP contribution is 2.30. The molecular formula is C19H19Cl2NO4S. The van der Waals surface area contributed by atoms with Gasteiger partial charge in [0.05, 0.1) is 28.0 Å². The van der Waals surface area contributed by atoms with Crippen LogP contribution in [0.5, 0.6) is 0 Å². The van der Waals surface area contributed by atoms with Crippen molar-refractivity contribution >= 4 is 39.0 Å². The summed E-state index contributed by atoms with van der Waals surface area (Å²) in [5.74, 6) is -0.267. The first-order valence-electron chi connectivity index (χ1n) is 8.40. The van der Waals surface area contributed by atoms with Crippen LogP contribution in [0.4, 0.5) is 0 Å². The molecule has 2 aromatic rings. The van der Waals surface area contributed by atoms with E-state index in [1.54, 1.807) is 37.3 Å². The Labute approximate surface area is 168 Å². The first-order chi connectivity index (χ1) is 12.7. The summed E-state index contributed by atoms with van der Waals surface area (Å²) in [6, 6.07) is 10.8. The van der Waals surface area contributed by atoms with Gasteiger partial charge in [-0.15, -0.1) is 0 Å². The van der Waals surface area contributed by atoms with Crippen LogP contribution in [-0.2, 0) is 14.8 Å². The van der Waals surface area contributed by atoms with E-state index in [-0.39, 0.29) is 34.8 Å². The van der Waals surface area contributed by atoms with E-state index in [0.717, 1.165) is 5.56 Å². The van der Waals surface area contributed by atoms with Crippen LogP contribution < -0.4 is 0 Å². The summed E-state index contributed by atoms with van der Waals surface area (Å²) in [4.78, 5) is 12.8.